The standard InChI is InChI=1S/C18H20O4/c1-20-15-9-17(21-2)16-8-13(11-22-18(16)10-15)7-12-3-5-14(19)6-4-12/h3-6,9-10,13,19H,7-8,11H2,1-2H3/t13-/m0/s1. The van der Waals surface area contributed by atoms with E-state index in [1.165, 1.54) is 5.56 Å². The maximum absolute atomic E-state index is 9.36. The van der Waals surface area contributed by atoms with Crippen molar-refractivity contribution in [3.8, 4) is 23.0 Å². The number of hydrogen-bond acceptors (Lipinski definition) is 4. The van der Waals surface area contributed by atoms with Crippen LogP contribution in [0.3, 0.4) is 0 Å². The quantitative estimate of drug-likeness (QED) is 0.942. The lowest BCUT2D eigenvalue weighted by Crippen LogP contribution is -2.23. The number of phenolic OH excluding ortho intramolecular Hbond substituents is 1. The van der Waals surface area contributed by atoms with E-state index in [4.69, 9.17) is 14.2 Å². The van der Waals surface area contributed by atoms with Crippen molar-refractivity contribution in [3.63, 3.8) is 0 Å². The smallest absolute Gasteiger partial charge is 0.129 e. The molecule has 0 unspecified atom stereocenters. The van der Waals surface area contributed by atoms with Crippen molar-refractivity contribution in [2.75, 3.05) is 20.8 Å². The van der Waals surface area contributed by atoms with Gasteiger partial charge in [0.2, 0.25) is 0 Å². The first-order chi connectivity index (χ1) is 10.7. The first-order valence-electron chi connectivity index (χ1n) is 7.35. The van der Waals surface area contributed by atoms with Crippen LogP contribution in [-0.2, 0) is 12.8 Å². The van der Waals surface area contributed by atoms with Crippen LogP contribution < -0.4 is 14.2 Å². The van der Waals surface area contributed by atoms with Crippen LogP contribution >= 0.6 is 0 Å². The number of methoxy groups -OCH3 is 2. The summed E-state index contributed by atoms with van der Waals surface area (Å²) in [6.45, 7) is 0.671. The Balaban J connectivity index is 1.79. The van der Waals surface area contributed by atoms with Gasteiger partial charge in [0.15, 0.2) is 0 Å². The predicted octanol–water partition coefficient (Wildman–Crippen LogP) is 3.20. The average molecular weight is 300 g/mol. The van der Waals surface area contributed by atoms with Crippen LogP contribution in [-0.4, -0.2) is 25.9 Å². The number of hydrogen-bond donors (Lipinski definition) is 1. The van der Waals surface area contributed by atoms with E-state index in [-0.39, 0.29) is 0 Å². The molecular weight excluding hydrogens is 280 g/mol. The van der Waals surface area contributed by atoms with Gasteiger partial charge in [-0.05, 0) is 30.5 Å². The fourth-order valence-corrected chi connectivity index (χ4v) is 2.88. The monoisotopic (exact) mass is 300 g/mol. The Hall–Kier alpha value is -2.36. The topological polar surface area (TPSA) is 47.9 Å². The second-order valence-electron chi connectivity index (χ2n) is 5.56. The average Bonchev–Trinajstić information content (AvgIpc) is 2.56. The van der Waals surface area contributed by atoms with E-state index in [0.717, 1.165) is 35.7 Å². The van der Waals surface area contributed by atoms with E-state index in [9.17, 15) is 5.11 Å². The van der Waals surface area contributed by atoms with Gasteiger partial charge in [-0.15, -0.1) is 0 Å². The van der Waals surface area contributed by atoms with Gasteiger partial charge in [-0.3, -0.25) is 0 Å². The fraction of sp³-hybridized carbons (Fsp3) is 0.333. The SMILES string of the molecule is COc1cc(OC)c2c(c1)OC[C@@H](Cc1ccc(O)cc1)C2. The maximum Gasteiger partial charge on any atom is 0.129 e. The van der Waals surface area contributed by atoms with E-state index in [0.29, 0.717) is 18.3 Å². The molecule has 0 fully saturated rings. The Morgan fingerprint density at radius 3 is 2.59 bits per heavy atom. The van der Waals surface area contributed by atoms with Gasteiger partial charge in [0.05, 0.1) is 20.8 Å². The molecule has 0 amide bonds. The van der Waals surface area contributed by atoms with Crippen molar-refractivity contribution in [2.24, 2.45) is 5.92 Å². The Morgan fingerprint density at radius 2 is 1.91 bits per heavy atom. The van der Waals surface area contributed by atoms with E-state index >= 15 is 0 Å². The number of benzene rings is 2. The molecular formula is C18H20O4. The van der Waals surface area contributed by atoms with Crippen LogP contribution in [0.1, 0.15) is 11.1 Å². The molecule has 1 N–H and O–H groups in total. The molecule has 0 saturated carbocycles. The van der Waals surface area contributed by atoms with Gasteiger partial charge >= 0.3 is 0 Å². The minimum atomic E-state index is 0.294. The molecule has 0 saturated heterocycles. The van der Waals surface area contributed by atoms with Crippen LogP contribution in [0, 0.1) is 5.92 Å². The molecule has 0 spiro atoms. The van der Waals surface area contributed by atoms with Crippen LogP contribution in [0.2, 0.25) is 0 Å². The molecule has 3 rings (SSSR count). The summed E-state index contributed by atoms with van der Waals surface area (Å²) in [6.07, 6.45) is 1.82. The van der Waals surface area contributed by atoms with E-state index < -0.39 is 0 Å². The molecule has 1 aliphatic rings. The number of rotatable bonds is 4. The molecule has 0 radical (unpaired) electrons. The molecule has 22 heavy (non-hydrogen) atoms. The van der Waals surface area contributed by atoms with Gasteiger partial charge < -0.3 is 19.3 Å². The van der Waals surface area contributed by atoms with Gasteiger partial charge in [-0.25, -0.2) is 0 Å². The normalized spacial score (nSPS) is 16.5. The molecule has 2 aromatic rings. The van der Waals surface area contributed by atoms with Gasteiger partial charge in [0.1, 0.15) is 23.0 Å². The zero-order valence-corrected chi connectivity index (χ0v) is 12.8. The Bertz CT molecular complexity index is 632. The molecule has 0 aromatic heterocycles. The number of phenols is 1. The first-order valence-corrected chi connectivity index (χ1v) is 7.35. The third-order valence-electron chi connectivity index (χ3n) is 4.03. The van der Waals surface area contributed by atoms with Crippen molar-refractivity contribution in [3.05, 3.63) is 47.5 Å². The molecule has 2 aromatic carbocycles. The molecule has 1 heterocycles. The summed E-state index contributed by atoms with van der Waals surface area (Å²) in [5.41, 5.74) is 2.29. The lowest BCUT2D eigenvalue weighted by molar-refractivity contribution is 0.216. The van der Waals surface area contributed by atoms with Crippen LogP contribution in [0.5, 0.6) is 23.0 Å². The van der Waals surface area contributed by atoms with Gasteiger partial charge in [-0.2, -0.15) is 0 Å². The molecule has 4 heteroatoms. The molecule has 1 aliphatic heterocycles. The van der Waals surface area contributed by atoms with Gasteiger partial charge in [0.25, 0.3) is 0 Å². The minimum absolute atomic E-state index is 0.294. The summed E-state index contributed by atoms with van der Waals surface area (Å²) in [5.74, 6) is 3.08. The highest BCUT2D eigenvalue weighted by molar-refractivity contribution is 5.51. The molecule has 1 atom stereocenters. The maximum atomic E-state index is 9.36. The summed E-state index contributed by atoms with van der Waals surface area (Å²) < 4.78 is 16.7. The lowest BCUT2D eigenvalue weighted by atomic mass is 9.90. The summed E-state index contributed by atoms with van der Waals surface area (Å²) in [5, 5.41) is 9.36. The van der Waals surface area contributed by atoms with Crippen molar-refractivity contribution in [1.29, 1.82) is 0 Å². The summed E-state index contributed by atoms with van der Waals surface area (Å²) in [6, 6.07) is 11.2. The highest BCUT2D eigenvalue weighted by Gasteiger charge is 2.24. The molecule has 4 nitrogen and oxygen atoms in total. The highest BCUT2D eigenvalue weighted by Crippen LogP contribution is 2.39. The molecule has 0 bridgehead atoms. The fourth-order valence-electron chi connectivity index (χ4n) is 2.88. The summed E-state index contributed by atoms with van der Waals surface area (Å²) >= 11 is 0. The third kappa shape index (κ3) is 2.96. The molecule has 116 valence electrons. The van der Waals surface area contributed by atoms with Crippen LogP contribution in [0.4, 0.5) is 0 Å². The Morgan fingerprint density at radius 1 is 1.14 bits per heavy atom. The Kier molecular flexibility index (Phi) is 4.09. The summed E-state index contributed by atoms with van der Waals surface area (Å²) in [7, 11) is 3.30. The van der Waals surface area contributed by atoms with E-state index in [1.807, 2.05) is 24.3 Å². The molecule has 0 aliphatic carbocycles. The number of aromatic hydroxyl groups is 1. The summed E-state index contributed by atoms with van der Waals surface area (Å²) in [4.78, 5) is 0. The highest BCUT2D eigenvalue weighted by atomic mass is 16.5. The largest absolute Gasteiger partial charge is 0.508 e. The Labute approximate surface area is 130 Å². The second kappa shape index (κ2) is 6.18. The van der Waals surface area contributed by atoms with Crippen molar-refractivity contribution in [2.45, 2.75) is 12.8 Å². The van der Waals surface area contributed by atoms with Crippen LogP contribution in [0.15, 0.2) is 36.4 Å². The number of fused-ring (bicyclic) bond motifs is 1. The van der Waals surface area contributed by atoms with E-state index in [2.05, 4.69) is 0 Å². The van der Waals surface area contributed by atoms with Crippen LogP contribution in [0.25, 0.3) is 0 Å². The minimum Gasteiger partial charge on any atom is -0.508 e. The predicted molar refractivity (Wildman–Crippen MR) is 84.0 cm³/mol. The van der Waals surface area contributed by atoms with Crippen molar-refractivity contribution < 1.29 is 19.3 Å². The third-order valence-corrected chi connectivity index (χ3v) is 4.03. The zero-order valence-electron chi connectivity index (χ0n) is 12.8. The second-order valence-corrected chi connectivity index (χ2v) is 5.56. The van der Waals surface area contributed by atoms with Crippen molar-refractivity contribution in [1.82, 2.24) is 0 Å². The number of ether oxygens (including phenoxy) is 3. The van der Waals surface area contributed by atoms with Gasteiger partial charge in [0, 0.05) is 23.6 Å². The lowest BCUT2D eigenvalue weighted by Gasteiger charge is -2.27. The first kappa shape index (κ1) is 14.6. The van der Waals surface area contributed by atoms with E-state index in [1.54, 1.807) is 26.4 Å². The zero-order chi connectivity index (χ0) is 15.5. The van der Waals surface area contributed by atoms with Crippen molar-refractivity contribution >= 4 is 0 Å². The van der Waals surface area contributed by atoms with Gasteiger partial charge in [-0.1, -0.05) is 12.1 Å².